The van der Waals surface area contributed by atoms with E-state index < -0.39 is 0 Å². The van der Waals surface area contributed by atoms with Crippen LogP contribution in [0.15, 0.2) is 30.5 Å². The van der Waals surface area contributed by atoms with E-state index in [0.717, 1.165) is 6.42 Å². The number of rotatable bonds is 1. The molecule has 0 radical (unpaired) electrons. The molecule has 4 rings (SSSR count). The molecule has 0 saturated carbocycles. The fraction of sp³-hybridized carbons (Fsp3) is 0.250. The zero-order chi connectivity index (χ0) is 15.3. The molecule has 108 valence electrons. The molecule has 6 nitrogen and oxygen atoms in total. The second-order valence-corrected chi connectivity index (χ2v) is 5.45. The summed E-state index contributed by atoms with van der Waals surface area (Å²) in [5.74, 6) is -0.183. The van der Waals surface area contributed by atoms with Crippen molar-refractivity contribution in [1.29, 1.82) is 5.26 Å². The van der Waals surface area contributed by atoms with E-state index >= 15 is 0 Å². The lowest BCUT2D eigenvalue weighted by Gasteiger charge is -2.17. The van der Waals surface area contributed by atoms with Crippen molar-refractivity contribution >= 4 is 28.5 Å². The van der Waals surface area contributed by atoms with E-state index in [2.05, 4.69) is 11.1 Å². The number of aromatic nitrogens is 1. The molecule has 2 aliphatic heterocycles. The maximum Gasteiger partial charge on any atom is 0.332 e. The maximum atomic E-state index is 12.6. The third-order valence-electron chi connectivity index (χ3n) is 4.30. The SMILES string of the molecule is N#Cc1ccc(N2C(=O)C3CCCN3C2=O)c2cccnc12. The Bertz CT molecular complexity index is 833. The van der Waals surface area contributed by atoms with Crippen molar-refractivity contribution in [2.45, 2.75) is 18.9 Å². The van der Waals surface area contributed by atoms with Crippen LogP contribution < -0.4 is 4.90 Å². The number of carbonyl (C=O) groups is 2. The van der Waals surface area contributed by atoms with E-state index in [1.54, 1.807) is 35.4 Å². The molecule has 3 heterocycles. The Kier molecular flexibility index (Phi) is 2.63. The van der Waals surface area contributed by atoms with Gasteiger partial charge in [0.05, 0.1) is 16.8 Å². The van der Waals surface area contributed by atoms with Crippen LogP contribution in [0, 0.1) is 11.3 Å². The van der Waals surface area contributed by atoms with Crippen LogP contribution in [0.4, 0.5) is 10.5 Å². The van der Waals surface area contributed by atoms with E-state index in [-0.39, 0.29) is 18.0 Å². The Labute approximate surface area is 126 Å². The standard InChI is InChI=1S/C16H12N4O2/c17-9-10-5-6-12(11-3-1-7-18-14(10)11)20-15(21)13-4-2-8-19(13)16(20)22/h1,3,5-7,13H,2,4,8H2. The first kappa shape index (κ1) is 12.8. The average Bonchev–Trinajstić information content (AvgIpc) is 3.11. The Balaban J connectivity index is 1.91. The molecule has 1 aromatic heterocycles. The number of fused-ring (bicyclic) bond motifs is 2. The first-order valence-electron chi connectivity index (χ1n) is 7.15. The van der Waals surface area contributed by atoms with Crippen LogP contribution >= 0.6 is 0 Å². The van der Waals surface area contributed by atoms with Gasteiger partial charge in [-0.15, -0.1) is 0 Å². The minimum atomic E-state index is -0.338. The van der Waals surface area contributed by atoms with Crippen LogP contribution in [0.5, 0.6) is 0 Å². The van der Waals surface area contributed by atoms with Crippen LogP contribution in [0.25, 0.3) is 10.9 Å². The van der Waals surface area contributed by atoms with Crippen molar-refractivity contribution < 1.29 is 9.59 Å². The number of anilines is 1. The normalized spacial score (nSPS) is 20.6. The maximum absolute atomic E-state index is 12.6. The number of hydrogen-bond donors (Lipinski definition) is 0. The molecule has 6 heteroatoms. The smallest absolute Gasteiger partial charge is 0.312 e. The number of urea groups is 1. The zero-order valence-electron chi connectivity index (χ0n) is 11.7. The fourth-order valence-corrected chi connectivity index (χ4v) is 3.29. The third-order valence-corrected chi connectivity index (χ3v) is 4.30. The highest BCUT2D eigenvalue weighted by Crippen LogP contribution is 2.35. The van der Waals surface area contributed by atoms with Gasteiger partial charge in [-0.1, -0.05) is 0 Å². The van der Waals surface area contributed by atoms with Crippen LogP contribution in [0.3, 0.4) is 0 Å². The van der Waals surface area contributed by atoms with Gasteiger partial charge < -0.3 is 4.90 Å². The molecule has 2 aromatic rings. The Morgan fingerprint density at radius 3 is 2.91 bits per heavy atom. The average molecular weight is 292 g/mol. The number of nitrogens with zero attached hydrogens (tertiary/aromatic N) is 4. The summed E-state index contributed by atoms with van der Waals surface area (Å²) < 4.78 is 0. The molecule has 0 aliphatic carbocycles. The first-order chi connectivity index (χ1) is 10.7. The molecule has 2 saturated heterocycles. The fourth-order valence-electron chi connectivity index (χ4n) is 3.29. The van der Waals surface area contributed by atoms with E-state index in [0.29, 0.717) is 35.1 Å². The van der Waals surface area contributed by atoms with Gasteiger partial charge in [0.1, 0.15) is 12.1 Å². The number of hydrogen-bond acceptors (Lipinski definition) is 4. The minimum absolute atomic E-state index is 0.183. The Hall–Kier alpha value is -2.94. The summed E-state index contributed by atoms with van der Waals surface area (Å²) >= 11 is 0. The highest BCUT2D eigenvalue weighted by atomic mass is 16.2. The van der Waals surface area contributed by atoms with Crippen molar-refractivity contribution in [3.63, 3.8) is 0 Å². The predicted octanol–water partition coefficient (Wildman–Crippen LogP) is 2.04. The number of imide groups is 1. The van der Waals surface area contributed by atoms with Crippen molar-refractivity contribution in [2.24, 2.45) is 0 Å². The molecule has 2 aliphatic rings. The van der Waals surface area contributed by atoms with E-state index in [1.165, 1.54) is 4.90 Å². The van der Waals surface area contributed by atoms with Crippen molar-refractivity contribution in [2.75, 3.05) is 11.4 Å². The molecule has 2 fully saturated rings. The van der Waals surface area contributed by atoms with Crippen LogP contribution in [-0.2, 0) is 4.79 Å². The predicted molar refractivity (Wildman–Crippen MR) is 79.1 cm³/mol. The van der Waals surface area contributed by atoms with Gasteiger partial charge in [0.25, 0.3) is 5.91 Å². The molecular formula is C16H12N4O2. The van der Waals surface area contributed by atoms with Gasteiger partial charge >= 0.3 is 6.03 Å². The molecule has 3 amide bonds. The van der Waals surface area contributed by atoms with Gasteiger partial charge in [-0.3, -0.25) is 9.78 Å². The summed E-state index contributed by atoms with van der Waals surface area (Å²) in [4.78, 5) is 32.2. The molecule has 0 spiro atoms. The molecule has 1 aromatic carbocycles. The summed E-state index contributed by atoms with van der Waals surface area (Å²) in [7, 11) is 0. The Morgan fingerprint density at radius 2 is 2.14 bits per heavy atom. The van der Waals surface area contributed by atoms with Crippen LogP contribution in [0.2, 0.25) is 0 Å². The quantitative estimate of drug-likeness (QED) is 0.753. The number of benzene rings is 1. The highest BCUT2D eigenvalue weighted by molar-refractivity contribution is 6.24. The van der Waals surface area contributed by atoms with Gasteiger partial charge in [-0.25, -0.2) is 9.69 Å². The third kappa shape index (κ3) is 1.56. The number of pyridine rings is 1. The van der Waals surface area contributed by atoms with Crippen molar-refractivity contribution in [1.82, 2.24) is 9.88 Å². The number of carbonyl (C=O) groups excluding carboxylic acids is 2. The van der Waals surface area contributed by atoms with E-state index in [9.17, 15) is 14.9 Å². The highest BCUT2D eigenvalue weighted by Gasteiger charge is 2.48. The van der Waals surface area contributed by atoms with Crippen LogP contribution in [-0.4, -0.2) is 34.4 Å². The summed E-state index contributed by atoms with van der Waals surface area (Å²) in [5.41, 5.74) is 1.45. The zero-order valence-corrected chi connectivity index (χ0v) is 11.7. The van der Waals surface area contributed by atoms with Gasteiger partial charge in [0.2, 0.25) is 0 Å². The Morgan fingerprint density at radius 1 is 1.27 bits per heavy atom. The minimum Gasteiger partial charge on any atom is -0.312 e. The summed E-state index contributed by atoms with van der Waals surface area (Å²) in [6.45, 7) is 0.623. The monoisotopic (exact) mass is 292 g/mol. The van der Waals surface area contributed by atoms with Gasteiger partial charge in [-0.2, -0.15) is 5.26 Å². The van der Waals surface area contributed by atoms with E-state index in [4.69, 9.17) is 0 Å². The lowest BCUT2D eigenvalue weighted by atomic mass is 10.1. The topological polar surface area (TPSA) is 77.3 Å². The number of amides is 3. The van der Waals surface area contributed by atoms with Gasteiger partial charge in [-0.05, 0) is 37.1 Å². The molecule has 22 heavy (non-hydrogen) atoms. The van der Waals surface area contributed by atoms with Crippen molar-refractivity contribution in [3.8, 4) is 6.07 Å². The van der Waals surface area contributed by atoms with Crippen LogP contribution in [0.1, 0.15) is 18.4 Å². The molecule has 1 atom stereocenters. The second kappa shape index (κ2) is 4.53. The second-order valence-electron chi connectivity index (χ2n) is 5.45. The van der Waals surface area contributed by atoms with E-state index in [1.807, 2.05) is 0 Å². The lowest BCUT2D eigenvalue weighted by Crippen LogP contribution is -2.33. The number of nitriles is 1. The van der Waals surface area contributed by atoms with Gasteiger partial charge in [0, 0.05) is 18.1 Å². The molecule has 1 unspecified atom stereocenters. The first-order valence-corrected chi connectivity index (χ1v) is 7.15. The van der Waals surface area contributed by atoms with Gasteiger partial charge in [0.15, 0.2) is 0 Å². The summed E-state index contributed by atoms with van der Waals surface area (Å²) in [6.07, 6.45) is 3.18. The summed E-state index contributed by atoms with van der Waals surface area (Å²) in [6, 6.07) is 8.25. The largest absolute Gasteiger partial charge is 0.332 e. The summed E-state index contributed by atoms with van der Waals surface area (Å²) in [5, 5.41) is 9.82. The molecule has 0 bridgehead atoms. The molecular weight excluding hydrogens is 280 g/mol. The molecule has 0 N–H and O–H groups in total. The lowest BCUT2D eigenvalue weighted by molar-refractivity contribution is -0.119. The van der Waals surface area contributed by atoms with Crippen molar-refractivity contribution in [3.05, 3.63) is 36.0 Å².